The van der Waals surface area contributed by atoms with Gasteiger partial charge in [0.25, 0.3) is 0 Å². The first-order chi connectivity index (χ1) is 8.52. The molecule has 2 N–H and O–H groups in total. The Labute approximate surface area is 109 Å². The molecule has 1 fully saturated rings. The van der Waals surface area contributed by atoms with Gasteiger partial charge in [-0.3, -0.25) is 0 Å². The molecule has 100 valence electrons. The maximum absolute atomic E-state index is 10.2. The van der Waals surface area contributed by atoms with Crippen LogP contribution in [0.5, 0.6) is 0 Å². The molecule has 2 heterocycles. The minimum Gasteiger partial charge on any atom is -0.388 e. The van der Waals surface area contributed by atoms with Crippen LogP contribution in [0.3, 0.4) is 0 Å². The van der Waals surface area contributed by atoms with Gasteiger partial charge in [0.05, 0.1) is 5.60 Å². The SMILES string of the molecule is CNCc1cnc(N2CCCC(C)(O)C2)c(C)c1. The van der Waals surface area contributed by atoms with Crippen molar-refractivity contribution >= 4 is 5.82 Å². The molecule has 4 heteroatoms. The van der Waals surface area contributed by atoms with E-state index in [0.29, 0.717) is 6.54 Å². The predicted octanol–water partition coefficient (Wildman–Crippen LogP) is 1.46. The van der Waals surface area contributed by atoms with Crippen LogP contribution in [0.2, 0.25) is 0 Å². The predicted molar refractivity (Wildman–Crippen MR) is 73.8 cm³/mol. The Morgan fingerprint density at radius 3 is 2.94 bits per heavy atom. The highest BCUT2D eigenvalue weighted by Gasteiger charge is 2.29. The van der Waals surface area contributed by atoms with Gasteiger partial charge in [-0.05, 0) is 50.9 Å². The van der Waals surface area contributed by atoms with E-state index in [9.17, 15) is 5.11 Å². The Kier molecular flexibility index (Phi) is 3.88. The van der Waals surface area contributed by atoms with Gasteiger partial charge in [0.1, 0.15) is 5.82 Å². The first-order valence-electron chi connectivity index (χ1n) is 6.59. The number of rotatable bonds is 3. The van der Waals surface area contributed by atoms with Crippen LogP contribution < -0.4 is 10.2 Å². The van der Waals surface area contributed by atoms with Gasteiger partial charge in [0, 0.05) is 25.8 Å². The smallest absolute Gasteiger partial charge is 0.131 e. The molecule has 1 atom stereocenters. The summed E-state index contributed by atoms with van der Waals surface area (Å²) in [6, 6.07) is 2.17. The van der Waals surface area contributed by atoms with Gasteiger partial charge < -0.3 is 15.3 Å². The Bertz CT molecular complexity index is 418. The lowest BCUT2D eigenvalue weighted by Crippen LogP contribution is -2.46. The van der Waals surface area contributed by atoms with Gasteiger partial charge in [-0.25, -0.2) is 4.98 Å². The number of aliphatic hydroxyl groups is 1. The summed E-state index contributed by atoms with van der Waals surface area (Å²) in [6.07, 6.45) is 3.81. The molecule has 4 nitrogen and oxygen atoms in total. The zero-order chi connectivity index (χ0) is 13.2. The zero-order valence-electron chi connectivity index (χ0n) is 11.5. The fraction of sp³-hybridized carbons (Fsp3) is 0.643. The molecule has 1 saturated heterocycles. The second-order valence-corrected chi connectivity index (χ2v) is 5.54. The van der Waals surface area contributed by atoms with Crippen LogP contribution in [0, 0.1) is 6.92 Å². The van der Waals surface area contributed by atoms with Gasteiger partial charge in [0.2, 0.25) is 0 Å². The summed E-state index contributed by atoms with van der Waals surface area (Å²) in [6.45, 7) is 6.49. The Morgan fingerprint density at radius 2 is 2.33 bits per heavy atom. The first-order valence-corrected chi connectivity index (χ1v) is 6.59. The lowest BCUT2D eigenvalue weighted by Gasteiger charge is -2.38. The van der Waals surface area contributed by atoms with Crippen molar-refractivity contribution in [3.05, 3.63) is 23.4 Å². The van der Waals surface area contributed by atoms with Crippen molar-refractivity contribution in [1.82, 2.24) is 10.3 Å². The van der Waals surface area contributed by atoms with Crippen molar-refractivity contribution in [2.75, 3.05) is 25.0 Å². The summed E-state index contributed by atoms with van der Waals surface area (Å²) < 4.78 is 0. The summed E-state index contributed by atoms with van der Waals surface area (Å²) >= 11 is 0. The summed E-state index contributed by atoms with van der Waals surface area (Å²) in [4.78, 5) is 6.76. The van der Waals surface area contributed by atoms with Crippen molar-refractivity contribution in [3.8, 4) is 0 Å². The number of piperidine rings is 1. The molecule has 0 spiro atoms. The summed E-state index contributed by atoms with van der Waals surface area (Å²) in [5.41, 5.74) is 1.79. The van der Waals surface area contributed by atoms with Gasteiger partial charge in [0.15, 0.2) is 0 Å². The Balaban J connectivity index is 2.18. The number of pyridine rings is 1. The monoisotopic (exact) mass is 249 g/mol. The lowest BCUT2D eigenvalue weighted by atomic mass is 9.95. The molecular weight excluding hydrogens is 226 g/mol. The Morgan fingerprint density at radius 1 is 1.56 bits per heavy atom. The van der Waals surface area contributed by atoms with E-state index < -0.39 is 5.60 Å². The summed E-state index contributed by atoms with van der Waals surface area (Å²) in [5.74, 6) is 1.01. The highest BCUT2D eigenvalue weighted by molar-refractivity contribution is 5.48. The number of aromatic nitrogens is 1. The fourth-order valence-electron chi connectivity index (χ4n) is 2.66. The number of aryl methyl sites for hydroxylation is 1. The van der Waals surface area contributed by atoms with E-state index in [1.807, 2.05) is 20.2 Å². The topological polar surface area (TPSA) is 48.4 Å². The van der Waals surface area contributed by atoms with Crippen molar-refractivity contribution < 1.29 is 5.11 Å². The van der Waals surface area contributed by atoms with Gasteiger partial charge in [-0.15, -0.1) is 0 Å². The highest BCUT2D eigenvalue weighted by Crippen LogP contribution is 2.26. The average molecular weight is 249 g/mol. The molecule has 0 bridgehead atoms. The standard InChI is InChI=1S/C14H23N3O/c1-11-7-12(8-15-3)9-16-13(11)17-6-4-5-14(2,18)10-17/h7,9,15,18H,4-6,8,10H2,1-3H3. The lowest BCUT2D eigenvalue weighted by molar-refractivity contribution is 0.0447. The third kappa shape index (κ3) is 3.00. The number of anilines is 1. The molecule has 0 aliphatic carbocycles. The van der Waals surface area contributed by atoms with Gasteiger partial charge >= 0.3 is 0 Å². The number of nitrogens with zero attached hydrogens (tertiary/aromatic N) is 2. The molecule has 1 aromatic rings. The largest absolute Gasteiger partial charge is 0.388 e. The fourth-order valence-corrected chi connectivity index (χ4v) is 2.66. The third-order valence-corrected chi connectivity index (χ3v) is 3.46. The van der Waals surface area contributed by atoms with Crippen LogP contribution in [0.15, 0.2) is 12.3 Å². The highest BCUT2D eigenvalue weighted by atomic mass is 16.3. The number of nitrogens with one attached hydrogen (secondary N) is 1. The van der Waals surface area contributed by atoms with Crippen LogP contribution in [0.1, 0.15) is 30.9 Å². The van der Waals surface area contributed by atoms with Gasteiger partial charge in [-0.1, -0.05) is 0 Å². The molecule has 1 unspecified atom stereocenters. The first kappa shape index (κ1) is 13.3. The van der Waals surface area contributed by atoms with Crippen molar-refractivity contribution in [1.29, 1.82) is 0 Å². The van der Waals surface area contributed by atoms with Crippen molar-refractivity contribution in [2.24, 2.45) is 0 Å². The minimum absolute atomic E-state index is 0.587. The molecule has 1 aromatic heterocycles. The second kappa shape index (κ2) is 5.24. The zero-order valence-corrected chi connectivity index (χ0v) is 11.5. The van der Waals surface area contributed by atoms with Crippen molar-refractivity contribution in [2.45, 2.75) is 38.8 Å². The van der Waals surface area contributed by atoms with E-state index in [4.69, 9.17) is 0 Å². The number of hydrogen-bond donors (Lipinski definition) is 2. The Hall–Kier alpha value is -1.13. The van der Waals surface area contributed by atoms with Crippen LogP contribution in [0.4, 0.5) is 5.82 Å². The maximum Gasteiger partial charge on any atom is 0.131 e. The molecule has 18 heavy (non-hydrogen) atoms. The van der Waals surface area contributed by atoms with Crippen LogP contribution in [-0.2, 0) is 6.54 Å². The molecule has 1 aliphatic heterocycles. The minimum atomic E-state index is -0.587. The average Bonchev–Trinajstić information content (AvgIpc) is 2.28. The molecule has 0 amide bonds. The van der Waals surface area contributed by atoms with Crippen molar-refractivity contribution in [3.63, 3.8) is 0 Å². The molecule has 2 rings (SSSR count). The quantitative estimate of drug-likeness (QED) is 0.851. The van der Waals surface area contributed by atoms with Crippen LogP contribution in [-0.4, -0.2) is 35.8 Å². The van der Waals surface area contributed by atoms with E-state index in [-0.39, 0.29) is 0 Å². The normalized spacial score (nSPS) is 24.3. The molecule has 0 aromatic carbocycles. The second-order valence-electron chi connectivity index (χ2n) is 5.54. The summed E-state index contributed by atoms with van der Waals surface area (Å²) in [7, 11) is 1.94. The van der Waals surface area contributed by atoms with Crippen LogP contribution >= 0.6 is 0 Å². The van der Waals surface area contributed by atoms with E-state index >= 15 is 0 Å². The summed E-state index contributed by atoms with van der Waals surface area (Å²) in [5, 5.41) is 13.3. The molecule has 0 radical (unpaired) electrons. The molecular formula is C14H23N3O. The van der Waals surface area contributed by atoms with Gasteiger partial charge in [-0.2, -0.15) is 0 Å². The number of hydrogen-bond acceptors (Lipinski definition) is 4. The van der Waals surface area contributed by atoms with E-state index in [1.54, 1.807) is 0 Å². The molecule has 1 aliphatic rings. The van der Waals surface area contributed by atoms with E-state index in [0.717, 1.165) is 31.7 Å². The molecule has 0 saturated carbocycles. The number of β-amino-alcohol motifs (C(OH)–C–C–N with tert-alkyl or cyclic N) is 1. The third-order valence-electron chi connectivity index (χ3n) is 3.46. The van der Waals surface area contributed by atoms with E-state index in [1.165, 1.54) is 11.1 Å². The maximum atomic E-state index is 10.2. The van der Waals surface area contributed by atoms with E-state index in [2.05, 4.69) is 28.2 Å². The van der Waals surface area contributed by atoms with Crippen LogP contribution in [0.25, 0.3) is 0 Å².